The molecule has 3 aromatic rings. The topological polar surface area (TPSA) is 97.6 Å². The molecule has 0 N–H and O–H groups in total. The number of carbonyl (C=O) groups excluding carboxylic acids is 1. The van der Waals surface area contributed by atoms with E-state index >= 15 is 0 Å². The Bertz CT molecular complexity index is 1170. The number of carbonyl (C=O) groups is 1. The van der Waals surface area contributed by atoms with Crippen molar-refractivity contribution >= 4 is 15.9 Å². The van der Waals surface area contributed by atoms with Crippen molar-refractivity contribution in [2.24, 2.45) is 7.05 Å². The summed E-state index contributed by atoms with van der Waals surface area (Å²) in [5.74, 6) is 0.547. The van der Waals surface area contributed by atoms with Crippen LogP contribution in [0.15, 0.2) is 59.9 Å². The summed E-state index contributed by atoms with van der Waals surface area (Å²) in [6.07, 6.45) is 4.72. The van der Waals surface area contributed by atoms with E-state index < -0.39 is 10.0 Å². The zero-order valence-corrected chi connectivity index (χ0v) is 18.1. The fraction of sp³-hybridized carbons (Fsp3) is 0.286. The lowest BCUT2D eigenvalue weighted by Crippen LogP contribution is -2.50. The summed E-state index contributed by atoms with van der Waals surface area (Å²) < 4.78 is 34.7. The van der Waals surface area contributed by atoms with E-state index in [9.17, 15) is 13.2 Å². The number of hydrogen-bond donors (Lipinski definition) is 0. The Kier molecular flexibility index (Phi) is 5.75. The van der Waals surface area contributed by atoms with Crippen LogP contribution >= 0.6 is 0 Å². The van der Waals surface area contributed by atoms with Crippen LogP contribution in [-0.2, 0) is 17.1 Å². The minimum atomic E-state index is -3.78. The van der Waals surface area contributed by atoms with Crippen molar-refractivity contribution in [3.05, 3.63) is 60.6 Å². The van der Waals surface area contributed by atoms with Crippen LogP contribution in [0.1, 0.15) is 10.4 Å². The predicted molar refractivity (Wildman–Crippen MR) is 114 cm³/mol. The molecule has 1 fully saturated rings. The smallest absolute Gasteiger partial charge is 0.253 e. The van der Waals surface area contributed by atoms with E-state index in [4.69, 9.17) is 4.74 Å². The number of sulfonamides is 1. The first-order valence-corrected chi connectivity index (χ1v) is 11.2. The third kappa shape index (κ3) is 4.17. The van der Waals surface area contributed by atoms with Crippen molar-refractivity contribution in [2.75, 3.05) is 33.3 Å². The highest BCUT2D eigenvalue weighted by molar-refractivity contribution is 7.89. The molecule has 1 aliphatic rings. The first-order valence-electron chi connectivity index (χ1n) is 9.77. The maximum absolute atomic E-state index is 13.3. The Balaban J connectivity index is 1.50. The van der Waals surface area contributed by atoms with E-state index in [-0.39, 0.29) is 23.9 Å². The highest BCUT2D eigenvalue weighted by atomic mass is 32.2. The number of pyridine rings is 1. The second kappa shape index (κ2) is 8.48. The lowest BCUT2D eigenvalue weighted by molar-refractivity contribution is 0.0698. The number of aromatic nitrogens is 3. The van der Waals surface area contributed by atoms with Crippen LogP contribution < -0.4 is 4.74 Å². The van der Waals surface area contributed by atoms with Gasteiger partial charge in [0.25, 0.3) is 5.91 Å². The maximum atomic E-state index is 13.3. The first-order chi connectivity index (χ1) is 14.9. The van der Waals surface area contributed by atoms with Crippen molar-refractivity contribution in [3.8, 4) is 17.0 Å². The van der Waals surface area contributed by atoms with Crippen LogP contribution in [0.2, 0.25) is 0 Å². The van der Waals surface area contributed by atoms with Gasteiger partial charge in [-0.25, -0.2) is 8.42 Å². The van der Waals surface area contributed by atoms with E-state index in [1.54, 1.807) is 67.8 Å². The number of piperazine rings is 1. The first kappa shape index (κ1) is 21.0. The molecule has 1 saturated heterocycles. The second-order valence-electron chi connectivity index (χ2n) is 7.18. The van der Waals surface area contributed by atoms with Gasteiger partial charge >= 0.3 is 0 Å². The van der Waals surface area contributed by atoms with Gasteiger partial charge in [-0.3, -0.25) is 14.5 Å². The molecule has 3 heterocycles. The molecule has 31 heavy (non-hydrogen) atoms. The van der Waals surface area contributed by atoms with Gasteiger partial charge in [-0.05, 0) is 36.4 Å². The highest BCUT2D eigenvalue weighted by Crippen LogP contribution is 2.28. The van der Waals surface area contributed by atoms with Crippen LogP contribution in [0.4, 0.5) is 0 Å². The fourth-order valence-corrected chi connectivity index (χ4v) is 5.16. The summed E-state index contributed by atoms with van der Waals surface area (Å²) in [4.78, 5) is 18.6. The number of aryl methyl sites for hydroxylation is 1. The molecule has 1 aliphatic heterocycles. The Morgan fingerprint density at radius 2 is 1.77 bits per heavy atom. The molecule has 0 saturated carbocycles. The summed E-state index contributed by atoms with van der Waals surface area (Å²) in [6, 6.07) is 10.4. The number of benzene rings is 1. The van der Waals surface area contributed by atoms with Gasteiger partial charge in [0, 0.05) is 62.9 Å². The van der Waals surface area contributed by atoms with Crippen LogP contribution in [0, 0.1) is 0 Å². The molecule has 9 nitrogen and oxygen atoms in total. The second-order valence-corrected chi connectivity index (χ2v) is 9.09. The minimum absolute atomic E-state index is 0.128. The number of ether oxygens (including phenoxy) is 1. The third-order valence-electron chi connectivity index (χ3n) is 5.21. The molecule has 4 rings (SSSR count). The molecule has 0 spiro atoms. The zero-order chi connectivity index (χ0) is 22.0. The number of hydrogen-bond acceptors (Lipinski definition) is 6. The normalized spacial score (nSPS) is 15.1. The van der Waals surface area contributed by atoms with Gasteiger partial charge in [-0.2, -0.15) is 9.40 Å². The number of rotatable bonds is 5. The lowest BCUT2D eigenvalue weighted by atomic mass is 10.2. The van der Waals surface area contributed by atoms with Crippen LogP contribution in [0.3, 0.4) is 0 Å². The number of nitrogens with zero attached hydrogens (tertiary/aromatic N) is 5. The average Bonchev–Trinajstić information content (AvgIpc) is 3.22. The Labute approximate surface area is 180 Å². The van der Waals surface area contributed by atoms with Gasteiger partial charge in [0.15, 0.2) is 0 Å². The van der Waals surface area contributed by atoms with Crippen LogP contribution in [-0.4, -0.2) is 71.6 Å². The van der Waals surface area contributed by atoms with Gasteiger partial charge in [0.1, 0.15) is 16.3 Å². The molecule has 0 atom stereocenters. The number of methoxy groups -OCH3 is 1. The third-order valence-corrected chi connectivity index (χ3v) is 7.11. The summed E-state index contributed by atoms with van der Waals surface area (Å²) in [5, 5.41) is 4.34. The van der Waals surface area contributed by atoms with Crippen LogP contribution in [0.25, 0.3) is 11.3 Å². The molecule has 0 radical (unpaired) electrons. The van der Waals surface area contributed by atoms with Crippen molar-refractivity contribution in [1.82, 2.24) is 24.0 Å². The van der Waals surface area contributed by atoms with Crippen LogP contribution in [0.5, 0.6) is 5.75 Å². The van der Waals surface area contributed by atoms with Gasteiger partial charge in [-0.15, -0.1) is 0 Å². The Hall–Kier alpha value is -3.24. The van der Waals surface area contributed by atoms with E-state index in [0.29, 0.717) is 35.7 Å². The van der Waals surface area contributed by atoms with E-state index in [1.165, 1.54) is 15.2 Å². The largest absolute Gasteiger partial charge is 0.497 e. The molecule has 2 aromatic heterocycles. The minimum Gasteiger partial charge on any atom is -0.497 e. The molecule has 1 amide bonds. The summed E-state index contributed by atoms with van der Waals surface area (Å²) >= 11 is 0. The standard InChI is InChI=1S/C21H23N5O4S/c1-24-15-19(20(23-24)17-4-3-9-22-14-17)31(28,29)26-12-10-25(11-13-26)21(27)16-5-7-18(30-2)8-6-16/h3-9,14-15H,10-13H2,1-2H3. The molecular formula is C21H23N5O4S. The van der Waals surface area contributed by atoms with Crippen molar-refractivity contribution in [2.45, 2.75) is 4.90 Å². The van der Waals surface area contributed by atoms with Gasteiger partial charge in [-0.1, -0.05) is 0 Å². The van der Waals surface area contributed by atoms with E-state index in [2.05, 4.69) is 10.1 Å². The highest BCUT2D eigenvalue weighted by Gasteiger charge is 2.33. The maximum Gasteiger partial charge on any atom is 0.253 e. The molecule has 162 valence electrons. The van der Waals surface area contributed by atoms with Crippen molar-refractivity contribution in [1.29, 1.82) is 0 Å². The number of amides is 1. The van der Waals surface area contributed by atoms with E-state index in [0.717, 1.165) is 0 Å². The van der Waals surface area contributed by atoms with E-state index in [1.807, 2.05) is 0 Å². The van der Waals surface area contributed by atoms with Gasteiger partial charge < -0.3 is 9.64 Å². The quantitative estimate of drug-likeness (QED) is 0.597. The summed E-state index contributed by atoms with van der Waals surface area (Å²) in [6.45, 7) is 1.05. The van der Waals surface area contributed by atoms with Gasteiger partial charge in [0.05, 0.1) is 7.11 Å². The predicted octanol–water partition coefficient (Wildman–Crippen LogP) is 1.64. The monoisotopic (exact) mass is 441 g/mol. The lowest BCUT2D eigenvalue weighted by Gasteiger charge is -2.34. The fourth-order valence-electron chi connectivity index (χ4n) is 3.55. The average molecular weight is 442 g/mol. The van der Waals surface area contributed by atoms with Crippen molar-refractivity contribution in [3.63, 3.8) is 0 Å². The summed E-state index contributed by atoms with van der Waals surface area (Å²) in [7, 11) is -0.522. The molecule has 10 heteroatoms. The Morgan fingerprint density at radius 3 is 2.39 bits per heavy atom. The van der Waals surface area contributed by atoms with Crippen molar-refractivity contribution < 1.29 is 17.9 Å². The zero-order valence-electron chi connectivity index (χ0n) is 17.3. The summed E-state index contributed by atoms with van der Waals surface area (Å²) in [5.41, 5.74) is 1.55. The molecular weight excluding hydrogens is 418 g/mol. The van der Waals surface area contributed by atoms with Gasteiger partial charge in [0.2, 0.25) is 10.0 Å². The molecule has 0 unspecified atom stereocenters. The molecule has 1 aromatic carbocycles. The Morgan fingerprint density at radius 1 is 1.06 bits per heavy atom. The SMILES string of the molecule is COc1ccc(C(=O)N2CCN(S(=O)(=O)c3cn(C)nc3-c3cccnc3)CC2)cc1. The molecule has 0 bridgehead atoms. The molecule has 0 aliphatic carbocycles.